The number of carbonyl (C=O) groups excluding carboxylic acids is 1. The van der Waals surface area contributed by atoms with Crippen LogP contribution in [0.5, 0.6) is 0 Å². The Labute approximate surface area is 207 Å². The van der Waals surface area contributed by atoms with Crippen molar-refractivity contribution < 1.29 is 34.7 Å². The van der Waals surface area contributed by atoms with Gasteiger partial charge < -0.3 is 9.64 Å². The molecule has 0 N–H and O–H groups in total. The van der Waals surface area contributed by atoms with Crippen LogP contribution in [0.4, 0.5) is 4.79 Å². The highest BCUT2D eigenvalue weighted by Crippen LogP contribution is 2.35. The first-order chi connectivity index (χ1) is 16.3. The van der Waals surface area contributed by atoms with Gasteiger partial charge in [0.15, 0.2) is 0 Å². The van der Waals surface area contributed by atoms with Crippen molar-refractivity contribution in [2.75, 3.05) is 26.3 Å². The second-order valence-electron chi connectivity index (χ2n) is 9.53. The summed E-state index contributed by atoms with van der Waals surface area (Å²) in [6.45, 7) is 5.18. The Morgan fingerprint density at radius 3 is 1.57 bits per heavy atom. The number of nitrogens with zero attached hydrogens (tertiary/aromatic N) is 1. The summed E-state index contributed by atoms with van der Waals surface area (Å²) in [6, 6.07) is 15.4. The van der Waals surface area contributed by atoms with Crippen LogP contribution >= 0.6 is 0 Å². The Bertz CT molecular complexity index is 1120. The standard InChI is InChI=1S/C24H31NO8S2/c1-23(2,3)33-22(26)25-16-14-24(15-17-25,18-31-34(27,28)20-10-6-4-7-11-20)19-32-35(29,30)21-12-8-5-9-13-21/h4-13H,14-19H2,1-3H3. The highest BCUT2D eigenvalue weighted by atomic mass is 32.2. The van der Waals surface area contributed by atoms with Crippen LogP contribution in [0.25, 0.3) is 0 Å². The third-order valence-electron chi connectivity index (χ3n) is 5.58. The van der Waals surface area contributed by atoms with E-state index in [0.29, 0.717) is 0 Å². The lowest BCUT2D eigenvalue weighted by molar-refractivity contribution is -0.00904. The fraction of sp³-hybridized carbons (Fsp3) is 0.458. The minimum Gasteiger partial charge on any atom is -0.444 e. The van der Waals surface area contributed by atoms with Crippen LogP contribution < -0.4 is 0 Å². The first-order valence-electron chi connectivity index (χ1n) is 11.2. The molecule has 3 rings (SSSR count). The van der Waals surface area contributed by atoms with Gasteiger partial charge in [-0.05, 0) is 57.9 Å². The van der Waals surface area contributed by atoms with E-state index < -0.39 is 37.3 Å². The van der Waals surface area contributed by atoms with Crippen LogP contribution in [0.3, 0.4) is 0 Å². The van der Waals surface area contributed by atoms with Crippen molar-refractivity contribution in [3.05, 3.63) is 60.7 Å². The highest BCUT2D eigenvalue weighted by molar-refractivity contribution is 7.87. The molecule has 0 saturated carbocycles. The molecule has 0 bridgehead atoms. The maximum atomic E-state index is 12.7. The van der Waals surface area contributed by atoms with Gasteiger partial charge in [0.25, 0.3) is 20.2 Å². The lowest BCUT2D eigenvalue weighted by Crippen LogP contribution is -2.48. The Balaban J connectivity index is 1.76. The summed E-state index contributed by atoms with van der Waals surface area (Å²) in [6.07, 6.45) is 0.0450. The lowest BCUT2D eigenvalue weighted by atomic mass is 9.80. The molecule has 11 heteroatoms. The first kappa shape index (κ1) is 27.1. The zero-order chi connectivity index (χ0) is 25.7. The normalized spacial score (nSPS) is 16.6. The number of piperidine rings is 1. The van der Waals surface area contributed by atoms with Crippen molar-refractivity contribution in [2.45, 2.75) is 49.0 Å². The van der Waals surface area contributed by atoms with Crippen LogP contribution in [0, 0.1) is 5.41 Å². The fourth-order valence-corrected chi connectivity index (χ4v) is 5.60. The van der Waals surface area contributed by atoms with Gasteiger partial charge >= 0.3 is 6.09 Å². The first-order valence-corrected chi connectivity index (χ1v) is 14.0. The van der Waals surface area contributed by atoms with Crippen molar-refractivity contribution in [3.8, 4) is 0 Å². The minimum absolute atomic E-state index is 0.000772. The van der Waals surface area contributed by atoms with E-state index in [-0.39, 0.29) is 48.9 Å². The van der Waals surface area contributed by atoms with Crippen molar-refractivity contribution in [2.24, 2.45) is 5.41 Å². The van der Waals surface area contributed by atoms with Crippen molar-refractivity contribution in [3.63, 3.8) is 0 Å². The Morgan fingerprint density at radius 2 is 1.20 bits per heavy atom. The molecular weight excluding hydrogens is 494 g/mol. The second-order valence-corrected chi connectivity index (χ2v) is 12.8. The van der Waals surface area contributed by atoms with Crippen molar-refractivity contribution in [1.82, 2.24) is 4.90 Å². The molecule has 2 aromatic carbocycles. The molecule has 1 fully saturated rings. The predicted molar refractivity (Wildman–Crippen MR) is 129 cm³/mol. The van der Waals surface area contributed by atoms with E-state index in [4.69, 9.17) is 13.1 Å². The van der Waals surface area contributed by atoms with Gasteiger partial charge in [0, 0.05) is 18.5 Å². The third kappa shape index (κ3) is 7.50. The summed E-state index contributed by atoms with van der Waals surface area (Å²) in [5.74, 6) is 0. The number of carbonyl (C=O) groups is 1. The molecule has 1 heterocycles. The predicted octanol–water partition coefficient (Wildman–Crippen LogP) is 3.81. The number of ether oxygens (including phenoxy) is 1. The molecule has 1 saturated heterocycles. The average Bonchev–Trinajstić information content (AvgIpc) is 2.82. The molecule has 0 aliphatic carbocycles. The molecule has 0 radical (unpaired) electrons. The molecule has 192 valence electrons. The monoisotopic (exact) mass is 525 g/mol. The molecular formula is C24H31NO8S2. The van der Waals surface area contributed by atoms with Gasteiger partial charge in [0.2, 0.25) is 0 Å². The summed E-state index contributed by atoms with van der Waals surface area (Å²) in [5, 5.41) is 0. The minimum atomic E-state index is -4.07. The topological polar surface area (TPSA) is 116 Å². The van der Waals surface area contributed by atoms with Gasteiger partial charge in [-0.1, -0.05) is 36.4 Å². The molecule has 35 heavy (non-hydrogen) atoms. The Morgan fingerprint density at radius 1 is 0.800 bits per heavy atom. The quantitative estimate of drug-likeness (QED) is 0.478. The van der Waals surface area contributed by atoms with Gasteiger partial charge in [-0.3, -0.25) is 8.37 Å². The average molecular weight is 526 g/mol. The van der Waals surface area contributed by atoms with E-state index in [1.165, 1.54) is 29.2 Å². The molecule has 0 aromatic heterocycles. The lowest BCUT2D eigenvalue weighted by Gasteiger charge is -2.41. The Hall–Kier alpha value is -2.47. The van der Waals surface area contributed by atoms with E-state index in [9.17, 15) is 21.6 Å². The number of hydrogen-bond donors (Lipinski definition) is 0. The number of benzene rings is 2. The summed E-state index contributed by atoms with van der Waals surface area (Å²) < 4.78 is 67.0. The van der Waals surface area contributed by atoms with E-state index in [0.717, 1.165) is 0 Å². The van der Waals surface area contributed by atoms with Crippen LogP contribution in [-0.4, -0.2) is 59.7 Å². The van der Waals surface area contributed by atoms with Crippen LogP contribution in [0.1, 0.15) is 33.6 Å². The maximum absolute atomic E-state index is 12.7. The number of rotatable bonds is 8. The van der Waals surface area contributed by atoms with Crippen molar-refractivity contribution in [1.29, 1.82) is 0 Å². The van der Waals surface area contributed by atoms with Gasteiger partial charge in [-0.15, -0.1) is 0 Å². The SMILES string of the molecule is CC(C)(C)OC(=O)N1CCC(COS(=O)(=O)c2ccccc2)(COS(=O)(=O)c2ccccc2)CC1. The molecule has 0 atom stereocenters. The molecule has 1 amide bonds. The molecule has 2 aromatic rings. The van der Waals surface area contributed by atoms with Crippen LogP contribution in [-0.2, 0) is 33.3 Å². The fourth-order valence-electron chi connectivity index (χ4n) is 3.54. The van der Waals surface area contributed by atoms with Crippen LogP contribution in [0.15, 0.2) is 70.5 Å². The van der Waals surface area contributed by atoms with Crippen molar-refractivity contribution >= 4 is 26.3 Å². The van der Waals surface area contributed by atoms with E-state index >= 15 is 0 Å². The smallest absolute Gasteiger partial charge is 0.410 e. The zero-order valence-corrected chi connectivity index (χ0v) is 21.7. The van der Waals surface area contributed by atoms with E-state index in [1.807, 2.05) is 0 Å². The summed E-state index contributed by atoms with van der Waals surface area (Å²) >= 11 is 0. The Kier molecular flexibility index (Phi) is 8.25. The number of amides is 1. The highest BCUT2D eigenvalue weighted by Gasteiger charge is 2.40. The zero-order valence-electron chi connectivity index (χ0n) is 20.0. The number of likely N-dealkylation sites (tertiary alicyclic amines) is 1. The largest absolute Gasteiger partial charge is 0.444 e. The molecule has 1 aliphatic rings. The molecule has 0 unspecified atom stereocenters. The van der Waals surface area contributed by atoms with E-state index in [1.54, 1.807) is 57.2 Å². The van der Waals surface area contributed by atoms with Gasteiger partial charge in [0.05, 0.1) is 23.0 Å². The molecule has 9 nitrogen and oxygen atoms in total. The second kappa shape index (κ2) is 10.7. The summed E-state index contributed by atoms with van der Waals surface area (Å²) in [5.41, 5.74) is -1.62. The summed E-state index contributed by atoms with van der Waals surface area (Å²) in [7, 11) is -8.14. The number of hydrogen-bond acceptors (Lipinski definition) is 8. The van der Waals surface area contributed by atoms with Gasteiger partial charge in [-0.25, -0.2) is 4.79 Å². The molecule has 0 spiro atoms. The van der Waals surface area contributed by atoms with Gasteiger partial charge in [0.1, 0.15) is 5.60 Å². The van der Waals surface area contributed by atoms with E-state index in [2.05, 4.69) is 0 Å². The van der Waals surface area contributed by atoms with Gasteiger partial charge in [-0.2, -0.15) is 16.8 Å². The third-order valence-corrected chi connectivity index (χ3v) is 8.14. The summed E-state index contributed by atoms with van der Waals surface area (Å²) in [4.78, 5) is 14.0. The maximum Gasteiger partial charge on any atom is 0.410 e. The van der Waals surface area contributed by atoms with Crippen LogP contribution in [0.2, 0.25) is 0 Å². The molecule has 1 aliphatic heterocycles.